The lowest BCUT2D eigenvalue weighted by molar-refractivity contribution is 1.08. The molecule has 5 heteroatoms. The van der Waals surface area contributed by atoms with Gasteiger partial charge in [-0.15, -0.1) is 0 Å². The molecule has 0 spiro atoms. The minimum Gasteiger partial charge on any atom is -0.366 e. The average Bonchev–Trinajstić information content (AvgIpc) is 2.56. The van der Waals surface area contributed by atoms with E-state index in [2.05, 4.69) is 51.8 Å². The second-order valence-electron chi connectivity index (χ2n) is 5.26. The van der Waals surface area contributed by atoms with E-state index in [9.17, 15) is 0 Å². The third kappa shape index (κ3) is 4.44. The lowest BCUT2D eigenvalue weighted by Gasteiger charge is -2.09. The van der Waals surface area contributed by atoms with Crippen molar-refractivity contribution in [3.05, 3.63) is 77.1 Å². The molecule has 3 aromatic rings. The van der Waals surface area contributed by atoms with Crippen LogP contribution < -0.4 is 10.6 Å². The topological polar surface area (TPSA) is 49.8 Å². The molecule has 23 heavy (non-hydrogen) atoms. The summed E-state index contributed by atoms with van der Waals surface area (Å²) in [7, 11) is 0. The molecule has 0 unspecified atom stereocenters. The number of rotatable bonds is 5. The van der Waals surface area contributed by atoms with Gasteiger partial charge >= 0.3 is 0 Å². The van der Waals surface area contributed by atoms with E-state index in [4.69, 9.17) is 11.6 Å². The Morgan fingerprint density at radius 2 is 1.74 bits per heavy atom. The molecule has 0 amide bonds. The number of nitrogens with zero attached hydrogens (tertiary/aromatic N) is 2. The summed E-state index contributed by atoms with van der Waals surface area (Å²) in [6, 6.07) is 17.8. The number of aromatic nitrogens is 2. The largest absolute Gasteiger partial charge is 0.366 e. The van der Waals surface area contributed by atoms with Gasteiger partial charge in [0.1, 0.15) is 18.0 Å². The number of hydrogen-bond acceptors (Lipinski definition) is 4. The molecule has 2 aromatic carbocycles. The van der Waals surface area contributed by atoms with Crippen LogP contribution in [0.15, 0.2) is 60.9 Å². The first-order valence-corrected chi connectivity index (χ1v) is 7.71. The molecule has 0 aliphatic carbocycles. The van der Waals surface area contributed by atoms with E-state index < -0.39 is 0 Å². The highest BCUT2D eigenvalue weighted by molar-refractivity contribution is 6.30. The van der Waals surface area contributed by atoms with E-state index in [0.29, 0.717) is 5.02 Å². The molecule has 0 aliphatic rings. The van der Waals surface area contributed by atoms with E-state index >= 15 is 0 Å². The van der Waals surface area contributed by atoms with Gasteiger partial charge in [0.05, 0.1) is 0 Å². The monoisotopic (exact) mass is 324 g/mol. The van der Waals surface area contributed by atoms with Crippen molar-refractivity contribution in [3.63, 3.8) is 0 Å². The van der Waals surface area contributed by atoms with Crippen LogP contribution in [0.2, 0.25) is 5.02 Å². The summed E-state index contributed by atoms with van der Waals surface area (Å²) in [5, 5.41) is 7.25. The summed E-state index contributed by atoms with van der Waals surface area (Å²) in [5.41, 5.74) is 3.39. The van der Waals surface area contributed by atoms with Gasteiger partial charge in [0.15, 0.2) is 0 Å². The quantitative estimate of drug-likeness (QED) is 0.708. The van der Waals surface area contributed by atoms with E-state index in [-0.39, 0.29) is 0 Å². The van der Waals surface area contributed by atoms with Gasteiger partial charge in [-0.25, -0.2) is 9.97 Å². The van der Waals surface area contributed by atoms with Crippen molar-refractivity contribution in [1.82, 2.24) is 9.97 Å². The zero-order valence-electron chi connectivity index (χ0n) is 12.8. The molecule has 116 valence electrons. The molecule has 0 saturated carbocycles. The van der Waals surface area contributed by atoms with E-state index in [0.717, 1.165) is 23.9 Å². The summed E-state index contributed by atoms with van der Waals surface area (Å²) >= 11 is 5.89. The second-order valence-corrected chi connectivity index (χ2v) is 5.70. The summed E-state index contributed by atoms with van der Waals surface area (Å²) in [4.78, 5) is 8.48. The summed E-state index contributed by atoms with van der Waals surface area (Å²) in [6.45, 7) is 2.81. The Bertz CT molecular complexity index is 787. The first kappa shape index (κ1) is 15.3. The smallest absolute Gasteiger partial charge is 0.135 e. The fraction of sp³-hybridized carbons (Fsp3) is 0.111. The van der Waals surface area contributed by atoms with Gasteiger partial charge in [0.2, 0.25) is 0 Å². The molecule has 0 fully saturated rings. The van der Waals surface area contributed by atoms with Crippen LogP contribution in [0.3, 0.4) is 0 Å². The molecule has 1 aromatic heterocycles. The van der Waals surface area contributed by atoms with Crippen LogP contribution >= 0.6 is 11.6 Å². The zero-order chi connectivity index (χ0) is 16.1. The van der Waals surface area contributed by atoms with E-state index in [1.54, 1.807) is 0 Å². The van der Waals surface area contributed by atoms with Crippen molar-refractivity contribution in [2.75, 3.05) is 10.6 Å². The van der Waals surface area contributed by atoms with Gasteiger partial charge in [-0.3, -0.25) is 0 Å². The standard InChI is InChI=1S/C18H17ClN4/c1-13-3-2-4-14(9-13)11-20-17-10-18(22-12-21-17)23-16-7-5-15(19)6-8-16/h2-10,12H,11H2,1H3,(H2,20,21,22,23). The van der Waals surface area contributed by atoms with Gasteiger partial charge in [-0.2, -0.15) is 0 Å². The molecule has 0 radical (unpaired) electrons. The van der Waals surface area contributed by atoms with Crippen LogP contribution in [-0.2, 0) is 6.54 Å². The van der Waals surface area contributed by atoms with Crippen LogP contribution in [0, 0.1) is 6.92 Å². The maximum absolute atomic E-state index is 5.89. The fourth-order valence-corrected chi connectivity index (χ4v) is 2.34. The Labute approximate surface area is 140 Å². The highest BCUT2D eigenvalue weighted by Gasteiger charge is 2.00. The zero-order valence-corrected chi connectivity index (χ0v) is 13.5. The molecule has 0 aliphatic heterocycles. The van der Waals surface area contributed by atoms with E-state index in [1.165, 1.54) is 17.5 Å². The Hall–Kier alpha value is -2.59. The molecule has 2 N–H and O–H groups in total. The van der Waals surface area contributed by atoms with Crippen LogP contribution in [0.5, 0.6) is 0 Å². The fourth-order valence-electron chi connectivity index (χ4n) is 2.22. The van der Waals surface area contributed by atoms with Crippen molar-refractivity contribution in [1.29, 1.82) is 0 Å². The Morgan fingerprint density at radius 1 is 0.957 bits per heavy atom. The van der Waals surface area contributed by atoms with Gasteiger partial charge < -0.3 is 10.6 Å². The molecular weight excluding hydrogens is 308 g/mol. The van der Waals surface area contributed by atoms with Crippen LogP contribution in [0.1, 0.15) is 11.1 Å². The van der Waals surface area contributed by atoms with Crippen LogP contribution in [0.25, 0.3) is 0 Å². The number of halogens is 1. The van der Waals surface area contributed by atoms with Crippen molar-refractivity contribution in [3.8, 4) is 0 Å². The Morgan fingerprint density at radius 3 is 2.52 bits per heavy atom. The molecular formula is C18H17ClN4. The maximum atomic E-state index is 5.89. The second kappa shape index (κ2) is 7.11. The van der Waals surface area contributed by atoms with Crippen LogP contribution in [-0.4, -0.2) is 9.97 Å². The minimum absolute atomic E-state index is 0.707. The predicted molar refractivity (Wildman–Crippen MR) is 95.3 cm³/mol. The van der Waals surface area contributed by atoms with Gasteiger partial charge in [0, 0.05) is 23.3 Å². The highest BCUT2D eigenvalue weighted by Crippen LogP contribution is 2.19. The van der Waals surface area contributed by atoms with Gasteiger partial charge in [-0.05, 0) is 36.8 Å². The molecule has 0 bridgehead atoms. The lowest BCUT2D eigenvalue weighted by Crippen LogP contribution is -2.03. The third-order valence-electron chi connectivity index (χ3n) is 3.34. The lowest BCUT2D eigenvalue weighted by atomic mass is 10.1. The van der Waals surface area contributed by atoms with Crippen molar-refractivity contribution >= 4 is 28.9 Å². The molecule has 4 nitrogen and oxygen atoms in total. The normalized spacial score (nSPS) is 10.3. The minimum atomic E-state index is 0.707. The average molecular weight is 325 g/mol. The Kier molecular flexibility index (Phi) is 4.74. The van der Waals surface area contributed by atoms with E-state index in [1.807, 2.05) is 30.3 Å². The van der Waals surface area contributed by atoms with Crippen molar-refractivity contribution in [2.45, 2.75) is 13.5 Å². The number of benzene rings is 2. The van der Waals surface area contributed by atoms with Crippen LogP contribution in [0.4, 0.5) is 17.3 Å². The van der Waals surface area contributed by atoms with Crippen molar-refractivity contribution < 1.29 is 0 Å². The number of hydrogen-bond donors (Lipinski definition) is 2. The number of nitrogens with one attached hydrogen (secondary N) is 2. The van der Waals surface area contributed by atoms with Gasteiger partial charge in [-0.1, -0.05) is 41.4 Å². The number of anilines is 3. The SMILES string of the molecule is Cc1cccc(CNc2cc(Nc3ccc(Cl)cc3)ncn2)c1. The molecule has 0 saturated heterocycles. The molecule has 1 heterocycles. The third-order valence-corrected chi connectivity index (χ3v) is 3.59. The molecule has 3 rings (SSSR count). The number of aryl methyl sites for hydroxylation is 1. The Balaban J connectivity index is 1.66. The summed E-state index contributed by atoms with van der Waals surface area (Å²) < 4.78 is 0. The maximum Gasteiger partial charge on any atom is 0.135 e. The summed E-state index contributed by atoms with van der Waals surface area (Å²) in [6.07, 6.45) is 1.54. The van der Waals surface area contributed by atoms with Crippen molar-refractivity contribution in [2.24, 2.45) is 0 Å². The highest BCUT2D eigenvalue weighted by atomic mass is 35.5. The first-order valence-electron chi connectivity index (χ1n) is 7.33. The predicted octanol–water partition coefficient (Wildman–Crippen LogP) is 4.79. The first-order chi connectivity index (χ1) is 11.2. The summed E-state index contributed by atoms with van der Waals surface area (Å²) in [5.74, 6) is 1.51. The van der Waals surface area contributed by atoms with Gasteiger partial charge in [0.25, 0.3) is 0 Å². The molecule has 0 atom stereocenters.